The average molecular weight is 451 g/mol. The maximum Gasteiger partial charge on any atom is 0.235 e. The summed E-state index contributed by atoms with van der Waals surface area (Å²) >= 11 is 0. The fourth-order valence-electron chi connectivity index (χ4n) is 5.07. The summed E-state index contributed by atoms with van der Waals surface area (Å²) in [6.07, 6.45) is 6.40. The monoisotopic (exact) mass is 450 g/mol. The summed E-state index contributed by atoms with van der Waals surface area (Å²) in [4.78, 5) is 16.0. The molecule has 0 unspecified atom stereocenters. The predicted octanol–water partition coefficient (Wildman–Crippen LogP) is 5.33. The smallest absolute Gasteiger partial charge is 0.235 e. The molecule has 0 aliphatic carbocycles. The number of amides is 1. The van der Waals surface area contributed by atoms with Crippen molar-refractivity contribution in [1.82, 2.24) is 4.90 Å². The number of piperidine rings is 1. The van der Waals surface area contributed by atoms with E-state index >= 15 is 0 Å². The highest BCUT2D eigenvalue weighted by atomic mass is 16.5. The van der Waals surface area contributed by atoms with Gasteiger partial charge in [-0.2, -0.15) is 0 Å². The molecule has 2 aliphatic heterocycles. The van der Waals surface area contributed by atoms with Crippen LogP contribution in [0.25, 0.3) is 0 Å². The van der Waals surface area contributed by atoms with E-state index in [1.807, 2.05) is 24.3 Å². The molecule has 2 aromatic carbocycles. The Morgan fingerprint density at radius 3 is 2.52 bits per heavy atom. The van der Waals surface area contributed by atoms with E-state index in [2.05, 4.69) is 48.3 Å². The molecule has 2 aliphatic rings. The second kappa shape index (κ2) is 11.2. The van der Waals surface area contributed by atoms with E-state index in [0.717, 1.165) is 30.0 Å². The first kappa shape index (κ1) is 23.8. The average Bonchev–Trinajstić information content (AvgIpc) is 2.84. The minimum absolute atomic E-state index is 0.0407. The molecule has 1 amide bonds. The van der Waals surface area contributed by atoms with Gasteiger partial charge in [-0.25, -0.2) is 0 Å². The molecule has 0 radical (unpaired) electrons. The molecular formula is C28H38N2O3. The first-order valence-corrected chi connectivity index (χ1v) is 12.5. The SMILES string of the molecule is Cc1ccc(C2(C(=O)Nc3ccc(OCCCN4CCCC[C@H]4C)cc3)CCOCC2)cc1. The number of ether oxygens (including phenoxy) is 2. The van der Waals surface area contributed by atoms with Gasteiger partial charge in [0, 0.05) is 31.5 Å². The summed E-state index contributed by atoms with van der Waals surface area (Å²) in [5.74, 6) is 0.887. The van der Waals surface area contributed by atoms with Crippen LogP contribution in [0.5, 0.6) is 5.75 Å². The number of aryl methyl sites for hydroxylation is 1. The molecule has 0 spiro atoms. The van der Waals surface area contributed by atoms with Gasteiger partial charge in [0.25, 0.3) is 0 Å². The molecule has 0 saturated carbocycles. The van der Waals surface area contributed by atoms with Gasteiger partial charge in [-0.3, -0.25) is 4.79 Å². The third kappa shape index (κ3) is 5.96. The molecule has 2 fully saturated rings. The number of hydrogen-bond acceptors (Lipinski definition) is 4. The highest BCUT2D eigenvalue weighted by molar-refractivity contribution is 5.99. The standard InChI is InChI=1S/C28H38N2O3/c1-22-7-9-24(10-8-22)28(15-20-32-21-16-28)27(31)29-25-11-13-26(14-12-25)33-19-5-18-30-17-4-3-6-23(30)2/h7-14,23H,3-6,15-21H2,1-2H3,(H,29,31)/t23-/m1/s1. The molecular weight excluding hydrogens is 412 g/mol. The number of rotatable bonds is 8. The summed E-state index contributed by atoms with van der Waals surface area (Å²) in [5, 5.41) is 3.15. The van der Waals surface area contributed by atoms with Crippen LogP contribution in [0.4, 0.5) is 5.69 Å². The normalized spacial score (nSPS) is 20.8. The maximum absolute atomic E-state index is 13.4. The molecule has 0 aromatic heterocycles. The number of anilines is 1. The molecule has 33 heavy (non-hydrogen) atoms. The molecule has 2 saturated heterocycles. The van der Waals surface area contributed by atoms with Crippen molar-refractivity contribution in [2.75, 3.05) is 38.2 Å². The van der Waals surface area contributed by atoms with Crippen LogP contribution >= 0.6 is 0 Å². The Kier molecular flexibility index (Phi) is 8.05. The van der Waals surface area contributed by atoms with Gasteiger partial charge >= 0.3 is 0 Å². The maximum atomic E-state index is 13.4. The van der Waals surface area contributed by atoms with Crippen molar-refractivity contribution in [2.24, 2.45) is 0 Å². The van der Waals surface area contributed by atoms with Gasteiger partial charge in [-0.15, -0.1) is 0 Å². The Hall–Kier alpha value is -2.37. The molecule has 1 atom stereocenters. The first-order valence-electron chi connectivity index (χ1n) is 12.5. The summed E-state index contributed by atoms with van der Waals surface area (Å²) in [7, 11) is 0. The number of nitrogens with one attached hydrogen (secondary N) is 1. The molecule has 2 aromatic rings. The molecule has 5 heteroatoms. The fourth-order valence-corrected chi connectivity index (χ4v) is 5.07. The van der Waals surface area contributed by atoms with Gasteiger partial charge in [0.2, 0.25) is 5.91 Å². The van der Waals surface area contributed by atoms with Crippen LogP contribution in [0, 0.1) is 6.92 Å². The molecule has 5 nitrogen and oxygen atoms in total. The van der Waals surface area contributed by atoms with Crippen molar-refractivity contribution in [2.45, 2.75) is 63.8 Å². The number of hydrogen-bond donors (Lipinski definition) is 1. The zero-order chi connectivity index (χ0) is 23.1. The summed E-state index contributed by atoms with van der Waals surface area (Å²) < 4.78 is 11.5. The van der Waals surface area contributed by atoms with Crippen LogP contribution in [0.15, 0.2) is 48.5 Å². The lowest BCUT2D eigenvalue weighted by molar-refractivity contribution is -0.125. The lowest BCUT2D eigenvalue weighted by Crippen LogP contribution is -2.44. The van der Waals surface area contributed by atoms with Crippen molar-refractivity contribution in [1.29, 1.82) is 0 Å². The summed E-state index contributed by atoms with van der Waals surface area (Å²) in [6.45, 7) is 8.63. The largest absolute Gasteiger partial charge is 0.494 e. The topological polar surface area (TPSA) is 50.8 Å². The van der Waals surface area contributed by atoms with Crippen molar-refractivity contribution in [3.05, 3.63) is 59.7 Å². The van der Waals surface area contributed by atoms with Gasteiger partial charge in [-0.1, -0.05) is 36.2 Å². The van der Waals surface area contributed by atoms with Crippen LogP contribution in [0.3, 0.4) is 0 Å². The predicted molar refractivity (Wildman–Crippen MR) is 133 cm³/mol. The van der Waals surface area contributed by atoms with E-state index in [-0.39, 0.29) is 5.91 Å². The number of nitrogens with zero attached hydrogens (tertiary/aromatic N) is 1. The molecule has 4 rings (SSSR count). The van der Waals surface area contributed by atoms with Crippen molar-refractivity contribution in [3.63, 3.8) is 0 Å². The zero-order valence-electron chi connectivity index (χ0n) is 20.1. The lowest BCUT2D eigenvalue weighted by Gasteiger charge is -2.36. The van der Waals surface area contributed by atoms with E-state index < -0.39 is 5.41 Å². The number of carbonyl (C=O) groups excluding carboxylic acids is 1. The van der Waals surface area contributed by atoms with Crippen LogP contribution in [0.2, 0.25) is 0 Å². The Morgan fingerprint density at radius 2 is 1.82 bits per heavy atom. The Morgan fingerprint density at radius 1 is 1.09 bits per heavy atom. The van der Waals surface area contributed by atoms with Gasteiger partial charge in [-0.05, 0) is 82.3 Å². The van der Waals surface area contributed by atoms with E-state index in [0.29, 0.717) is 38.7 Å². The van der Waals surface area contributed by atoms with Gasteiger partial charge in [0.05, 0.1) is 12.0 Å². The number of carbonyl (C=O) groups is 1. The third-order valence-electron chi connectivity index (χ3n) is 7.30. The van der Waals surface area contributed by atoms with E-state index in [9.17, 15) is 4.79 Å². The Bertz CT molecular complexity index is 888. The second-order valence-corrected chi connectivity index (χ2v) is 9.62. The Balaban J connectivity index is 1.31. The third-order valence-corrected chi connectivity index (χ3v) is 7.30. The van der Waals surface area contributed by atoms with Crippen molar-refractivity contribution < 1.29 is 14.3 Å². The molecule has 1 N–H and O–H groups in total. The van der Waals surface area contributed by atoms with E-state index in [1.165, 1.54) is 31.4 Å². The molecule has 178 valence electrons. The number of likely N-dealkylation sites (tertiary alicyclic amines) is 1. The zero-order valence-corrected chi connectivity index (χ0v) is 20.1. The van der Waals surface area contributed by atoms with Gasteiger partial charge in [0.15, 0.2) is 0 Å². The molecule has 2 heterocycles. The van der Waals surface area contributed by atoms with Crippen LogP contribution in [-0.4, -0.2) is 49.8 Å². The van der Waals surface area contributed by atoms with Gasteiger partial charge < -0.3 is 19.7 Å². The molecule has 0 bridgehead atoms. The fraction of sp³-hybridized carbons (Fsp3) is 0.536. The van der Waals surface area contributed by atoms with Crippen molar-refractivity contribution in [3.8, 4) is 5.75 Å². The highest BCUT2D eigenvalue weighted by Crippen LogP contribution is 2.36. The quantitative estimate of drug-likeness (QED) is 0.553. The Labute approximate surface area is 198 Å². The lowest BCUT2D eigenvalue weighted by atomic mass is 9.73. The van der Waals surface area contributed by atoms with E-state index in [4.69, 9.17) is 9.47 Å². The number of benzene rings is 2. The minimum atomic E-state index is -0.549. The van der Waals surface area contributed by atoms with Crippen LogP contribution in [-0.2, 0) is 14.9 Å². The van der Waals surface area contributed by atoms with Gasteiger partial charge in [0.1, 0.15) is 5.75 Å². The van der Waals surface area contributed by atoms with E-state index in [1.54, 1.807) is 0 Å². The highest BCUT2D eigenvalue weighted by Gasteiger charge is 2.41. The van der Waals surface area contributed by atoms with Crippen LogP contribution < -0.4 is 10.1 Å². The first-order chi connectivity index (χ1) is 16.1. The summed E-state index contributed by atoms with van der Waals surface area (Å²) in [6, 6.07) is 16.8. The minimum Gasteiger partial charge on any atom is -0.494 e. The summed E-state index contributed by atoms with van der Waals surface area (Å²) in [5.41, 5.74) is 2.51. The second-order valence-electron chi connectivity index (χ2n) is 9.62. The van der Waals surface area contributed by atoms with Crippen molar-refractivity contribution >= 4 is 11.6 Å². The van der Waals surface area contributed by atoms with Crippen LogP contribution in [0.1, 0.15) is 56.6 Å².